The Kier molecular flexibility index (Phi) is 5.01. The molecule has 1 aromatic heterocycles. The molecule has 0 unspecified atom stereocenters. The molecule has 0 saturated carbocycles. The van der Waals surface area contributed by atoms with Crippen LogP contribution in [0.2, 0.25) is 0 Å². The molecule has 1 aliphatic rings. The quantitative estimate of drug-likeness (QED) is 0.931. The van der Waals surface area contributed by atoms with Gasteiger partial charge < -0.3 is 10.1 Å². The second-order valence-corrected chi connectivity index (χ2v) is 5.59. The zero-order chi connectivity index (χ0) is 17.0. The monoisotopic (exact) mass is 337 g/mol. The maximum atomic E-state index is 12.3. The highest BCUT2D eigenvalue weighted by Crippen LogP contribution is 2.31. The van der Waals surface area contributed by atoms with Crippen molar-refractivity contribution in [2.24, 2.45) is 0 Å². The van der Waals surface area contributed by atoms with Crippen LogP contribution in [0.3, 0.4) is 0 Å². The summed E-state index contributed by atoms with van der Waals surface area (Å²) in [6.45, 7) is 3.48. The topological polar surface area (TPSA) is 37.4 Å². The van der Waals surface area contributed by atoms with Gasteiger partial charge in [0.1, 0.15) is 5.75 Å². The predicted octanol–water partition coefficient (Wildman–Crippen LogP) is 2.97. The number of hydrogen-bond donors (Lipinski definition) is 1. The molecule has 128 valence electrons. The molecule has 24 heavy (non-hydrogen) atoms. The number of nitrogens with one attached hydrogen (secondary N) is 1. The number of benzene rings is 1. The van der Waals surface area contributed by atoms with Crippen molar-refractivity contribution in [1.82, 2.24) is 15.2 Å². The van der Waals surface area contributed by atoms with Crippen LogP contribution in [0, 0.1) is 0 Å². The van der Waals surface area contributed by atoms with Gasteiger partial charge >= 0.3 is 6.36 Å². The molecule has 1 fully saturated rings. The summed E-state index contributed by atoms with van der Waals surface area (Å²) in [5.41, 5.74) is 1.93. The van der Waals surface area contributed by atoms with Gasteiger partial charge in [0, 0.05) is 38.6 Å². The third kappa shape index (κ3) is 4.24. The zero-order valence-electron chi connectivity index (χ0n) is 13.0. The number of hydrogen-bond acceptors (Lipinski definition) is 4. The fourth-order valence-electron chi connectivity index (χ4n) is 2.94. The maximum Gasteiger partial charge on any atom is 0.573 e. The fraction of sp³-hybridized carbons (Fsp3) is 0.353. The Morgan fingerprint density at radius 1 is 1.04 bits per heavy atom. The van der Waals surface area contributed by atoms with Gasteiger partial charge in [0.25, 0.3) is 0 Å². The second-order valence-electron chi connectivity index (χ2n) is 5.59. The van der Waals surface area contributed by atoms with Gasteiger partial charge in [0.05, 0.1) is 6.04 Å². The lowest BCUT2D eigenvalue weighted by Gasteiger charge is -2.35. The third-order valence-electron chi connectivity index (χ3n) is 3.95. The number of aromatic nitrogens is 1. The summed E-state index contributed by atoms with van der Waals surface area (Å²) in [6.07, 6.45) is -1.17. The summed E-state index contributed by atoms with van der Waals surface area (Å²) >= 11 is 0. The van der Waals surface area contributed by atoms with Crippen LogP contribution in [0.15, 0.2) is 48.8 Å². The number of halogens is 3. The largest absolute Gasteiger partial charge is 0.573 e. The lowest BCUT2D eigenvalue weighted by molar-refractivity contribution is -0.274. The molecule has 1 saturated heterocycles. The van der Waals surface area contributed by atoms with E-state index in [1.54, 1.807) is 24.5 Å². The SMILES string of the molecule is FC(F)(F)Oc1ccc([C@H](c2cccnc2)N2CCNCC2)cc1. The first-order valence-corrected chi connectivity index (χ1v) is 7.73. The molecule has 1 N–H and O–H groups in total. The summed E-state index contributed by atoms with van der Waals surface area (Å²) in [5, 5.41) is 3.31. The molecule has 7 heteroatoms. The second kappa shape index (κ2) is 7.19. The van der Waals surface area contributed by atoms with E-state index in [2.05, 4.69) is 19.9 Å². The van der Waals surface area contributed by atoms with Crippen LogP contribution in [0.5, 0.6) is 5.75 Å². The predicted molar refractivity (Wildman–Crippen MR) is 83.6 cm³/mol. The minimum absolute atomic E-state index is 0.0410. The average Bonchev–Trinajstić information content (AvgIpc) is 2.57. The van der Waals surface area contributed by atoms with Crippen molar-refractivity contribution in [1.29, 1.82) is 0 Å². The molecule has 0 amide bonds. The molecule has 2 heterocycles. The smallest absolute Gasteiger partial charge is 0.406 e. The molecule has 0 radical (unpaired) electrons. The summed E-state index contributed by atoms with van der Waals surface area (Å²) in [5.74, 6) is -0.212. The number of piperazine rings is 1. The number of ether oxygens (including phenoxy) is 1. The molecule has 2 aromatic rings. The summed E-state index contributed by atoms with van der Waals surface area (Å²) in [6, 6.07) is 9.89. The Morgan fingerprint density at radius 3 is 2.33 bits per heavy atom. The van der Waals surface area contributed by atoms with Crippen molar-refractivity contribution >= 4 is 0 Å². The highest BCUT2D eigenvalue weighted by molar-refractivity contribution is 5.35. The van der Waals surface area contributed by atoms with Gasteiger partial charge in [-0.25, -0.2) is 0 Å². The molecule has 0 aliphatic carbocycles. The van der Waals surface area contributed by atoms with Gasteiger partial charge in [-0.1, -0.05) is 18.2 Å². The highest BCUT2D eigenvalue weighted by atomic mass is 19.4. The van der Waals surface area contributed by atoms with E-state index >= 15 is 0 Å². The van der Waals surface area contributed by atoms with Gasteiger partial charge in [-0.2, -0.15) is 0 Å². The van der Waals surface area contributed by atoms with E-state index in [1.165, 1.54) is 12.1 Å². The summed E-state index contributed by atoms with van der Waals surface area (Å²) < 4.78 is 40.9. The van der Waals surface area contributed by atoms with E-state index in [0.29, 0.717) is 0 Å². The molecule has 0 spiro atoms. The van der Waals surface area contributed by atoms with Crippen molar-refractivity contribution in [3.63, 3.8) is 0 Å². The minimum atomic E-state index is -4.68. The maximum absolute atomic E-state index is 12.3. The molecule has 3 rings (SSSR count). The molecule has 1 aliphatic heterocycles. The van der Waals surface area contributed by atoms with Crippen LogP contribution in [-0.2, 0) is 0 Å². The Labute approximate surface area is 138 Å². The first-order chi connectivity index (χ1) is 11.5. The van der Waals surface area contributed by atoms with Crippen LogP contribution < -0.4 is 10.1 Å². The van der Waals surface area contributed by atoms with Gasteiger partial charge in [-0.05, 0) is 29.3 Å². The van der Waals surface area contributed by atoms with Crippen LogP contribution >= 0.6 is 0 Å². The fourth-order valence-corrected chi connectivity index (χ4v) is 2.94. The van der Waals surface area contributed by atoms with E-state index in [9.17, 15) is 13.2 Å². The highest BCUT2D eigenvalue weighted by Gasteiger charge is 2.31. The standard InChI is InChI=1S/C17H18F3N3O/c18-17(19,20)24-15-5-3-13(4-6-15)16(14-2-1-7-22-12-14)23-10-8-21-9-11-23/h1-7,12,16,21H,8-11H2/t16-/m1/s1. The Hall–Kier alpha value is -2.12. The van der Waals surface area contributed by atoms with Crippen LogP contribution in [0.4, 0.5) is 13.2 Å². The van der Waals surface area contributed by atoms with E-state index < -0.39 is 6.36 Å². The van der Waals surface area contributed by atoms with Crippen molar-refractivity contribution < 1.29 is 17.9 Å². The summed E-state index contributed by atoms with van der Waals surface area (Å²) in [4.78, 5) is 6.47. The van der Waals surface area contributed by atoms with Gasteiger partial charge in [0.15, 0.2) is 0 Å². The Bertz CT molecular complexity index is 640. The minimum Gasteiger partial charge on any atom is -0.406 e. The molecule has 0 bridgehead atoms. The van der Waals surface area contributed by atoms with E-state index in [0.717, 1.165) is 37.3 Å². The zero-order valence-corrected chi connectivity index (χ0v) is 13.0. The summed E-state index contributed by atoms with van der Waals surface area (Å²) in [7, 11) is 0. The number of nitrogens with zero attached hydrogens (tertiary/aromatic N) is 2. The molecule has 1 atom stereocenters. The van der Waals surface area contributed by atoms with Gasteiger partial charge in [-0.3, -0.25) is 9.88 Å². The van der Waals surface area contributed by atoms with E-state index in [1.807, 2.05) is 12.1 Å². The molecule has 4 nitrogen and oxygen atoms in total. The van der Waals surface area contributed by atoms with Crippen molar-refractivity contribution in [3.05, 3.63) is 59.9 Å². The van der Waals surface area contributed by atoms with Crippen molar-refractivity contribution in [3.8, 4) is 5.75 Å². The first-order valence-electron chi connectivity index (χ1n) is 7.73. The van der Waals surface area contributed by atoms with Crippen LogP contribution in [0.25, 0.3) is 0 Å². The van der Waals surface area contributed by atoms with Gasteiger partial charge in [-0.15, -0.1) is 13.2 Å². The number of alkyl halides is 3. The third-order valence-corrected chi connectivity index (χ3v) is 3.95. The van der Waals surface area contributed by atoms with Crippen molar-refractivity contribution in [2.45, 2.75) is 12.4 Å². The lowest BCUT2D eigenvalue weighted by atomic mass is 9.97. The Morgan fingerprint density at radius 2 is 1.75 bits per heavy atom. The number of rotatable bonds is 4. The average molecular weight is 337 g/mol. The van der Waals surface area contributed by atoms with Crippen LogP contribution in [-0.4, -0.2) is 42.4 Å². The van der Waals surface area contributed by atoms with Gasteiger partial charge in [0.2, 0.25) is 0 Å². The normalized spacial score (nSPS) is 17.5. The molecular formula is C17H18F3N3O. The molecule has 1 aromatic carbocycles. The van der Waals surface area contributed by atoms with Crippen molar-refractivity contribution in [2.75, 3.05) is 26.2 Å². The van der Waals surface area contributed by atoms with E-state index in [-0.39, 0.29) is 11.8 Å². The number of pyridine rings is 1. The lowest BCUT2D eigenvalue weighted by Crippen LogP contribution is -2.45. The van der Waals surface area contributed by atoms with E-state index in [4.69, 9.17) is 0 Å². The first kappa shape index (κ1) is 16.7. The molecular weight excluding hydrogens is 319 g/mol. The van der Waals surface area contributed by atoms with Crippen LogP contribution in [0.1, 0.15) is 17.2 Å². The Balaban J connectivity index is 1.87.